The summed E-state index contributed by atoms with van der Waals surface area (Å²) in [5.41, 5.74) is 1.99. The van der Waals surface area contributed by atoms with E-state index >= 15 is 0 Å². The first-order chi connectivity index (χ1) is 14.4. The van der Waals surface area contributed by atoms with E-state index in [1.807, 2.05) is 26.8 Å². The molecular weight excluding hydrogens is 420 g/mol. The number of ether oxygens (including phenoxy) is 2. The van der Waals surface area contributed by atoms with Crippen molar-refractivity contribution in [3.63, 3.8) is 0 Å². The molecule has 0 saturated carbocycles. The van der Waals surface area contributed by atoms with E-state index in [1.165, 1.54) is 23.5 Å². The van der Waals surface area contributed by atoms with Crippen LogP contribution in [0.5, 0.6) is 5.75 Å². The van der Waals surface area contributed by atoms with Crippen molar-refractivity contribution in [1.82, 2.24) is 0 Å². The molecule has 0 saturated heterocycles. The lowest BCUT2D eigenvalue weighted by Gasteiger charge is -2.35. The first-order valence-electron chi connectivity index (χ1n) is 9.68. The molecule has 166 valence electrons. The Kier molecular flexibility index (Phi) is 6.00. The van der Waals surface area contributed by atoms with Crippen molar-refractivity contribution in [3.05, 3.63) is 53.6 Å². The van der Waals surface area contributed by atoms with Gasteiger partial charge in [0.05, 0.1) is 31.2 Å². The van der Waals surface area contributed by atoms with Gasteiger partial charge in [-0.15, -0.1) is 0 Å². The van der Waals surface area contributed by atoms with E-state index in [2.05, 4.69) is 10.1 Å². The van der Waals surface area contributed by atoms with Gasteiger partial charge in [0.25, 0.3) is 5.91 Å². The van der Waals surface area contributed by atoms with E-state index in [0.29, 0.717) is 22.7 Å². The van der Waals surface area contributed by atoms with Crippen LogP contribution in [0.1, 0.15) is 36.7 Å². The average molecular weight is 447 g/mol. The molecule has 1 atom stereocenters. The Hall–Kier alpha value is -3.07. The number of nitrogens with one attached hydrogen (secondary N) is 1. The zero-order valence-corrected chi connectivity index (χ0v) is 18.9. The number of methoxy groups -OCH3 is 1. The van der Waals surface area contributed by atoms with E-state index in [4.69, 9.17) is 4.74 Å². The van der Waals surface area contributed by atoms with Crippen molar-refractivity contribution in [3.8, 4) is 5.75 Å². The summed E-state index contributed by atoms with van der Waals surface area (Å²) in [5.74, 6) is -0.653. The molecule has 8 nitrogen and oxygen atoms in total. The predicted molar refractivity (Wildman–Crippen MR) is 118 cm³/mol. The number of carbonyl (C=O) groups is 2. The van der Waals surface area contributed by atoms with Gasteiger partial charge in [-0.1, -0.05) is 26.8 Å². The summed E-state index contributed by atoms with van der Waals surface area (Å²) in [4.78, 5) is 24.3. The fourth-order valence-corrected chi connectivity index (χ4v) is 4.10. The summed E-state index contributed by atoms with van der Waals surface area (Å²) in [6.45, 7) is 5.95. The number of hydrogen-bond acceptors (Lipinski definition) is 6. The fourth-order valence-electron chi connectivity index (χ4n) is 3.20. The minimum absolute atomic E-state index is 0.147. The highest BCUT2D eigenvalue weighted by molar-refractivity contribution is 7.92. The first-order valence-corrected chi connectivity index (χ1v) is 11.5. The van der Waals surface area contributed by atoms with Gasteiger partial charge in [-0.2, -0.15) is 0 Å². The molecule has 0 radical (unpaired) electrons. The van der Waals surface area contributed by atoms with Crippen LogP contribution < -0.4 is 14.4 Å². The Morgan fingerprint density at radius 2 is 1.77 bits per heavy atom. The van der Waals surface area contributed by atoms with Crippen LogP contribution in [-0.4, -0.2) is 46.3 Å². The van der Waals surface area contributed by atoms with E-state index < -0.39 is 28.0 Å². The number of hydrogen-bond donors (Lipinski definition) is 1. The van der Waals surface area contributed by atoms with Gasteiger partial charge in [0.1, 0.15) is 5.75 Å². The number of amides is 1. The number of esters is 1. The van der Waals surface area contributed by atoms with E-state index in [9.17, 15) is 18.0 Å². The van der Waals surface area contributed by atoms with Gasteiger partial charge >= 0.3 is 5.97 Å². The Balaban J connectivity index is 1.85. The molecule has 0 bridgehead atoms. The zero-order chi connectivity index (χ0) is 23.0. The molecule has 0 aromatic heterocycles. The maximum absolute atomic E-state index is 12.8. The van der Waals surface area contributed by atoms with Gasteiger partial charge < -0.3 is 14.8 Å². The largest absolute Gasteiger partial charge is 0.476 e. The molecule has 31 heavy (non-hydrogen) atoms. The summed E-state index contributed by atoms with van der Waals surface area (Å²) in [7, 11) is -2.35. The van der Waals surface area contributed by atoms with E-state index in [1.54, 1.807) is 24.3 Å². The molecule has 0 fully saturated rings. The van der Waals surface area contributed by atoms with Crippen molar-refractivity contribution >= 4 is 33.3 Å². The molecule has 1 heterocycles. The van der Waals surface area contributed by atoms with Crippen LogP contribution in [0.15, 0.2) is 42.5 Å². The molecule has 2 aromatic carbocycles. The fraction of sp³-hybridized carbons (Fsp3) is 0.364. The van der Waals surface area contributed by atoms with Gasteiger partial charge in [-0.3, -0.25) is 9.10 Å². The smallest absolute Gasteiger partial charge is 0.337 e. The highest BCUT2D eigenvalue weighted by Crippen LogP contribution is 2.38. The summed E-state index contributed by atoms with van der Waals surface area (Å²) in [6.07, 6.45) is 0.0646. The minimum atomic E-state index is -3.64. The third-order valence-corrected chi connectivity index (χ3v) is 6.11. The highest BCUT2D eigenvalue weighted by Gasteiger charge is 2.36. The second-order valence-electron chi connectivity index (χ2n) is 8.39. The van der Waals surface area contributed by atoms with Crippen LogP contribution in [0.25, 0.3) is 0 Å². The maximum Gasteiger partial charge on any atom is 0.337 e. The molecule has 3 rings (SSSR count). The lowest BCUT2D eigenvalue weighted by molar-refractivity contribution is -0.122. The molecule has 1 aliphatic heterocycles. The molecular formula is C22H26N2O6S. The maximum atomic E-state index is 12.8. The van der Waals surface area contributed by atoms with E-state index in [-0.39, 0.29) is 12.0 Å². The number of anilines is 2. The zero-order valence-electron chi connectivity index (χ0n) is 18.1. The number of carbonyl (C=O) groups excluding carboxylic acids is 2. The number of rotatable bonds is 4. The third-order valence-electron chi connectivity index (χ3n) is 4.96. The van der Waals surface area contributed by atoms with Crippen LogP contribution >= 0.6 is 0 Å². The molecule has 9 heteroatoms. The Bertz CT molecular complexity index is 1100. The van der Waals surface area contributed by atoms with Gasteiger partial charge in [-0.25, -0.2) is 13.2 Å². The molecule has 0 unspecified atom stereocenters. The summed E-state index contributed by atoms with van der Waals surface area (Å²) >= 11 is 0. The topological polar surface area (TPSA) is 102 Å². The van der Waals surface area contributed by atoms with Crippen LogP contribution in [-0.2, 0) is 25.0 Å². The molecule has 1 amide bonds. The van der Waals surface area contributed by atoms with Crippen molar-refractivity contribution in [2.75, 3.05) is 29.5 Å². The summed E-state index contributed by atoms with van der Waals surface area (Å²) in [5, 5.41) is 2.70. The molecule has 0 spiro atoms. The molecule has 1 N–H and O–H groups in total. The second kappa shape index (κ2) is 8.22. The van der Waals surface area contributed by atoms with Gasteiger partial charge in [0.15, 0.2) is 6.10 Å². The van der Waals surface area contributed by atoms with Gasteiger partial charge in [0, 0.05) is 5.69 Å². The van der Waals surface area contributed by atoms with Crippen LogP contribution in [0.2, 0.25) is 0 Å². The first kappa shape index (κ1) is 22.6. The number of fused-ring (bicyclic) bond motifs is 1. The predicted octanol–water partition coefficient (Wildman–Crippen LogP) is 2.94. The number of nitrogens with zero attached hydrogens (tertiary/aromatic N) is 1. The van der Waals surface area contributed by atoms with E-state index in [0.717, 1.165) is 11.8 Å². The standard InChI is InChI=1S/C22H26N2O6S/c1-22(2,3)15-8-11-18-17(12-15)24(31(5,27)28)13-19(30-18)20(25)23-16-9-6-14(7-10-16)21(26)29-4/h6-12,19H,13H2,1-5H3,(H,23,25)/t19-/m0/s1. The van der Waals surface area contributed by atoms with Crippen molar-refractivity contribution in [2.24, 2.45) is 0 Å². The summed E-state index contributed by atoms with van der Waals surface area (Å²) < 4.78 is 36.6. The van der Waals surface area contributed by atoms with Crippen molar-refractivity contribution in [1.29, 1.82) is 0 Å². The highest BCUT2D eigenvalue weighted by atomic mass is 32.2. The minimum Gasteiger partial charge on any atom is -0.476 e. The van der Waals surface area contributed by atoms with Gasteiger partial charge in [-0.05, 0) is 47.4 Å². The number of benzene rings is 2. The van der Waals surface area contributed by atoms with Crippen molar-refractivity contribution < 1.29 is 27.5 Å². The summed E-state index contributed by atoms with van der Waals surface area (Å²) in [6, 6.07) is 11.5. The molecule has 1 aliphatic rings. The Labute approximate surface area is 182 Å². The van der Waals surface area contributed by atoms with Crippen LogP contribution in [0.4, 0.5) is 11.4 Å². The number of sulfonamides is 1. The SMILES string of the molecule is COC(=O)c1ccc(NC(=O)[C@@H]2CN(S(C)(=O)=O)c3cc(C(C)(C)C)ccc3O2)cc1. The lowest BCUT2D eigenvalue weighted by Crippen LogP contribution is -2.48. The quantitative estimate of drug-likeness (QED) is 0.725. The Morgan fingerprint density at radius 1 is 1.13 bits per heavy atom. The third kappa shape index (κ3) is 4.99. The Morgan fingerprint density at radius 3 is 2.32 bits per heavy atom. The monoisotopic (exact) mass is 446 g/mol. The molecule has 0 aliphatic carbocycles. The second-order valence-corrected chi connectivity index (χ2v) is 10.3. The van der Waals surface area contributed by atoms with Gasteiger partial charge in [0.2, 0.25) is 10.0 Å². The molecule has 2 aromatic rings. The van der Waals surface area contributed by atoms with Crippen LogP contribution in [0.3, 0.4) is 0 Å². The lowest BCUT2D eigenvalue weighted by atomic mass is 9.86. The van der Waals surface area contributed by atoms with Crippen molar-refractivity contribution in [2.45, 2.75) is 32.3 Å². The van der Waals surface area contributed by atoms with Crippen LogP contribution in [0, 0.1) is 0 Å². The average Bonchev–Trinajstić information content (AvgIpc) is 2.71. The normalized spacial score (nSPS) is 16.2.